The molecule has 156 valence electrons. The fraction of sp³-hybridized carbons (Fsp3) is 0.409. The Morgan fingerprint density at radius 2 is 1.90 bits per heavy atom. The topological polar surface area (TPSA) is 38.3 Å². The molecule has 1 saturated carbocycles. The lowest BCUT2D eigenvalue weighted by atomic mass is 9.94. The largest absolute Gasteiger partial charge is 0.489 e. The molecule has 29 heavy (non-hydrogen) atoms. The fourth-order valence-electron chi connectivity index (χ4n) is 3.53. The molecule has 1 aliphatic rings. The number of rotatable bonds is 8. The maximum atomic E-state index is 13.2. The summed E-state index contributed by atoms with van der Waals surface area (Å²) in [5.41, 5.74) is -0.0480. The van der Waals surface area contributed by atoms with E-state index in [1.54, 1.807) is 30.3 Å². The van der Waals surface area contributed by atoms with Crippen molar-refractivity contribution in [3.05, 3.63) is 59.1 Å². The van der Waals surface area contributed by atoms with E-state index in [0.717, 1.165) is 12.0 Å². The number of carbonyl (C=O) groups is 1. The summed E-state index contributed by atoms with van der Waals surface area (Å²) in [5.74, 6) is -1.54. The molecule has 1 aliphatic carbocycles. The third-order valence-corrected chi connectivity index (χ3v) is 5.73. The lowest BCUT2D eigenvalue weighted by molar-refractivity contribution is -0.160. The number of amides is 1. The van der Waals surface area contributed by atoms with Crippen molar-refractivity contribution >= 4 is 23.2 Å². The normalized spacial score (nSPS) is 20.9. The number of hydrogen-bond acceptors (Lipinski definition) is 2. The lowest BCUT2D eigenvalue weighted by Gasteiger charge is -2.18. The highest BCUT2D eigenvalue weighted by Crippen LogP contribution is 2.63. The first kappa shape index (κ1) is 21.5. The summed E-state index contributed by atoms with van der Waals surface area (Å²) in [5, 5.41) is 3.26. The van der Waals surface area contributed by atoms with Gasteiger partial charge in [0.1, 0.15) is 12.4 Å². The SMILES string of the molecule is CCCCC1(C(=O)Nc2ccc(OCc3ccccc3Cl)cc2)CC1C(F)(F)F. The smallest absolute Gasteiger partial charge is 0.392 e. The summed E-state index contributed by atoms with van der Waals surface area (Å²) in [4.78, 5) is 12.6. The number of halogens is 4. The lowest BCUT2D eigenvalue weighted by Crippen LogP contribution is -2.30. The molecule has 0 saturated heterocycles. The van der Waals surface area contributed by atoms with Crippen LogP contribution < -0.4 is 10.1 Å². The minimum atomic E-state index is -4.35. The molecule has 7 heteroatoms. The molecule has 0 bridgehead atoms. The van der Waals surface area contributed by atoms with Gasteiger partial charge in [0.15, 0.2) is 0 Å². The summed E-state index contributed by atoms with van der Waals surface area (Å²) in [7, 11) is 0. The van der Waals surface area contributed by atoms with Gasteiger partial charge in [-0.15, -0.1) is 0 Å². The van der Waals surface area contributed by atoms with E-state index >= 15 is 0 Å². The van der Waals surface area contributed by atoms with E-state index < -0.39 is 23.4 Å². The van der Waals surface area contributed by atoms with Crippen LogP contribution in [0.15, 0.2) is 48.5 Å². The van der Waals surface area contributed by atoms with E-state index in [2.05, 4.69) is 5.32 Å². The van der Waals surface area contributed by atoms with Crippen molar-refractivity contribution in [1.82, 2.24) is 0 Å². The number of unbranched alkanes of at least 4 members (excludes halogenated alkanes) is 1. The Balaban J connectivity index is 1.61. The zero-order valence-corrected chi connectivity index (χ0v) is 16.8. The molecule has 3 rings (SSSR count). The Kier molecular flexibility index (Phi) is 6.42. The second kappa shape index (κ2) is 8.66. The van der Waals surface area contributed by atoms with Gasteiger partial charge in [-0.2, -0.15) is 13.2 Å². The molecule has 2 unspecified atom stereocenters. The van der Waals surface area contributed by atoms with Gasteiger partial charge >= 0.3 is 6.18 Å². The quantitative estimate of drug-likeness (QED) is 0.516. The molecule has 2 aromatic carbocycles. The van der Waals surface area contributed by atoms with Crippen LogP contribution in [0.1, 0.15) is 38.2 Å². The van der Waals surface area contributed by atoms with Gasteiger partial charge in [-0.3, -0.25) is 4.79 Å². The summed E-state index contributed by atoms with van der Waals surface area (Å²) >= 11 is 6.09. The molecule has 2 atom stereocenters. The highest BCUT2D eigenvalue weighted by atomic mass is 35.5. The maximum Gasteiger partial charge on any atom is 0.392 e. The summed E-state index contributed by atoms with van der Waals surface area (Å²) in [6.45, 7) is 2.19. The molecule has 0 spiro atoms. The van der Waals surface area contributed by atoms with Crippen LogP contribution in [0.4, 0.5) is 18.9 Å². The van der Waals surface area contributed by atoms with Crippen molar-refractivity contribution in [1.29, 1.82) is 0 Å². The molecule has 0 aliphatic heterocycles. The van der Waals surface area contributed by atoms with Crippen LogP contribution in [0, 0.1) is 11.3 Å². The van der Waals surface area contributed by atoms with Crippen molar-refractivity contribution in [3.8, 4) is 5.75 Å². The summed E-state index contributed by atoms with van der Waals surface area (Å²) < 4.78 is 45.2. The molecular formula is C22H23ClF3NO2. The van der Waals surface area contributed by atoms with Crippen LogP contribution in [0.2, 0.25) is 5.02 Å². The predicted molar refractivity (Wildman–Crippen MR) is 107 cm³/mol. The van der Waals surface area contributed by atoms with Crippen LogP contribution in [-0.4, -0.2) is 12.1 Å². The minimum Gasteiger partial charge on any atom is -0.489 e. The molecule has 0 radical (unpaired) electrons. The number of alkyl halides is 3. The summed E-state index contributed by atoms with van der Waals surface area (Å²) in [6.07, 6.45) is -2.90. The molecule has 1 amide bonds. The Labute approximate surface area is 173 Å². The average molecular weight is 426 g/mol. The van der Waals surface area contributed by atoms with E-state index in [-0.39, 0.29) is 12.8 Å². The Morgan fingerprint density at radius 3 is 2.48 bits per heavy atom. The third kappa shape index (κ3) is 5.04. The van der Waals surface area contributed by atoms with Gasteiger partial charge < -0.3 is 10.1 Å². The van der Waals surface area contributed by atoms with E-state index in [9.17, 15) is 18.0 Å². The van der Waals surface area contributed by atoms with Gasteiger partial charge in [-0.05, 0) is 43.2 Å². The molecule has 2 aromatic rings. The molecule has 3 nitrogen and oxygen atoms in total. The van der Waals surface area contributed by atoms with E-state index in [1.807, 2.05) is 25.1 Å². The minimum absolute atomic E-state index is 0.138. The number of carbonyl (C=O) groups excluding carboxylic acids is 1. The van der Waals surface area contributed by atoms with Crippen LogP contribution in [0.3, 0.4) is 0 Å². The Hall–Kier alpha value is -2.21. The van der Waals surface area contributed by atoms with Gasteiger partial charge in [-0.25, -0.2) is 0 Å². The van der Waals surface area contributed by atoms with Gasteiger partial charge in [0, 0.05) is 16.3 Å². The monoisotopic (exact) mass is 425 g/mol. The van der Waals surface area contributed by atoms with Crippen LogP contribution >= 0.6 is 11.6 Å². The van der Waals surface area contributed by atoms with E-state index in [1.165, 1.54) is 0 Å². The van der Waals surface area contributed by atoms with Crippen molar-refractivity contribution in [3.63, 3.8) is 0 Å². The summed E-state index contributed by atoms with van der Waals surface area (Å²) in [6, 6.07) is 13.9. The predicted octanol–water partition coefficient (Wildman–Crippen LogP) is 6.62. The van der Waals surface area contributed by atoms with Crippen molar-refractivity contribution in [2.45, 2.75) is 45.4 Å². The Morgan fingerprint density at radius 1 is 1.21 bits per heavy atom. The van der Waals surface area contributed by atoms with Gasteiger partial charge in [0.05, 0.1) is 11.3 Å². The van der Waals surface area contributed by atoms with Crippen LogP contribution in [0.5, 0.6) is 5.75 Å². The molecule has 0 heterocycles. The average Bonchev–Trinajstić information content (AvgIpc) is 3.44. The van der Waals surface area contributed by atoms with Gasteiger partial charge in [0.2, 0.25) is 5.91 Å². The van der Waals surface area contributed by atoms with Crippen LogP contribution in [-0.2, 0) is 11.4 Å². The molecule has 1 N–H and O–H groups in total. The van der Waals surface area contributed by atoms with E-state index in [4.69, 9.17) is 16.3 Å². The fourth-order valence-corrected chi connectivity index (χ4v) is 3.72. The van der Waals surface area contributed by atoms with Crippen molar-refractivity contribution in [2.75, 3.05) is 5.32 Å². The first-order valence-electron chi connectivity index (χ1n) is 9.60. The standard InChI is InChI=1S/C22H23ClF3NO2/c1-2-3-12-21(13-19(21)22(24,25)26)20(28)27-16-8-10-17(11-9-16)29-14-15-6-4-5-7-18(15)23/h4-11,19H,2-3,12-14H2,1H3,(H,27,28). The highest BCUT2D eigenvalue weighted by molar-refractivity contribution is 6.31. The van der Waals surface area contributed by atoms with Gasteiger partial charge in [0.25, 0.3) is 0 Å². The maximum absolute atomic E-state index is 13.2. The molecular weight excluding hydrogens is 403 g/mol. The second-order valence-corrected chi connectivity index (χ2v) is 7.82. The number of nitrogens with one attached hydrogen (secondary N) is 1. The number of anilines is 1. The van der Waals surface area contributed by atoms with Crippen molar-refractivity contribution < 1.29 is 22.7 Å². The molecule has 0 aromatic heterocycles. The van der Waals surface area contributed by atoms with E-state index in [0.29, 0.717) is 29.5 Å². The Bertz CT molecular complexity index is 854. The zero-order chi connectivity index (χ0) is 21.1. The van der Waals surface area contributed by atoms with Gasteiger partial charge in [-0.1, -0.05) is 49.6 Å². The second-order valence-electron chi connectivity index (χ2n) is 7.42. The number of hydrogen-bond donors (Lipinski definition) is 1. The first-order chi connectivity index (χ1) is 13.8. The van der Waals surface area contributed by atoms with Crippen LogP contribution in [0.25, 0.3) is 0 Å². The highest BCUT2D eigenvalue weighted by Gasteiger charge is 2.69. The number of ether oxygens (including phenoxy) is 1. The zero-order valence-electron chi connectivity index (χ0n) is 16.1. The molecule has 1 fully saturated rings. The first-order valence-corrected chi connectivity index (χ1v) is 9.98. The van der Waals surface area contributed by atoms with Crippen molar-refractivity contribution in [2.24, 2.45) is 11.3 Å². The third-order valence-electron chi connectivity index (χ3n) is 5.36. The number of benzene rings is 2.